The average molecular weight is 468 g/mol. The first-order chi connectivity index (χ1) is 16.5. The molecule has 1 aliphatic carbocycles. The van der Waals surface area contributed by atoms with Crippen molar-refractivity contribution in [1.29, 1.82) is 0 Å². The number of halogens is 1. The maximum Gasteiger partial charge on any atom is 0.328 e. The first-order valence-electron chi connectivity index (χ1n) is 10.8. The Balaban J connectivity index is 0.000000229. The molecule has 0 unspecified atom stereocenters. The van der Waals surface area contributed by atoms with E-state index in [1.165, 1.54) is 4.57 Å². The number of rotatable bonds is 8. The molecule has 1 aliphatic rings. The van der Waals surface area contributed by atoms with E-state index in [1.54, 1.807) is 7.11 Å². The van der Waals surface area contributed by atoms with Crippen LogP contribution in [0.1, 0.15) is 30.0 Å². The Morgan fingerprint density at radius 2 is 1.85 bits per heavy atom. The van der Waals surface area contributed by atoms with Gasteiger partial charge in [-0.1, -0.05) is 47.6 Å². The van der Waals surface area contributed by atoms with Crippen molar-refractivity contribution in [3.05, 3.63) is 109 Å². The summed E-state index contributed by atoms with van der Waals surface area (Å²) in [6.45, 7) is 1.41. The van der Waals surface area contributed by atoms with Crippen molar-refractivity contribution in [2.24, 2.45) is 11.0 Å². The van der Waals surface area contributed by atoms with Crippen LogP contribution < -0.4 is 16.0 Å². The van der Waals surface area contributed by atoms with Gasteiger partial charge in [0, 0.05) is 16.9 Å². The molecule has 9 nitrogen and oxygen atoms in total. The third-order valence-electron chi connectivity index (χ3n) is 5.58. The SMILES string of the molecule is COc1ccc(CN=[N+]=[N-])cc1.O=c1[nH]c(=O)n([C@@H]2CC[C@@H]2COCc2ccccc2)cc1F. The predicted octanol–water partition coefficient (Wildman–Crippen LogP) is 4.35. The van der Waals surface area contributed by atoms with Crippen molar-refractivity contribution >= 4 is 0 Å². The number of ether oxygens (including phenoxy) is 2. The highest BCUT2D eigenvalue weighted by Crippen LogP contribution is 2.37. The number of nitrogens with zero attached hydrogens (tertiary/aromatic N) is 4. The highest BCUT2D eigenvalue weighted by atomic mass is 19.1. The lowest BCUT2D eigenvalue weighted by Gasteiger charge is -2.37. The minimum atomic E-state index is -0.975. The second kappa shape index (κ2) is 12.4. The number of hydrogen-bond acceptors (Lipinski definition) is 5. The minimum Gasteiger partial charge on any atom is -0.497 e. The van der Waals surface area contributed by atoms with E-state index in [2.05, 4.69) is 10.0 Å². The van der Waals surface area contributed by atoms with Gasteiger partial charge in [0.15, 0.2) is 0 Å². The largest absolute Gasteiger partial charge is 0.497 e. The molecule has 0 aliphatic heterocycles. The molecule has 2 aromatic carbocycles. The normalized spacial score (nSPS) is 16.4. The highest BCUT2D eigenvalue weighted by molar-refractivity contribution is 5.27. The van der Waals surface area contributed by atoms with Crippen molar-refractivity contribution in [3.8, 4) is 5.75 Å². The predicted molar refractivity (Wildman–Crippen MR) is 125 cm³/mol. The van der Waals surface area contributed by atoms with Crippen molar-refractivity contribution in [3.63, 3.8) is 0 Å². The lowest BCUT2D eigenvalue weighted by Crippen LogP contribution is -2.41. The lowest BCUT2D eigenvalue weighted by atomic mass is 9.80. The van der Waals surface area contributed by atoms with Crippen LogP contribution in [0.4, 0.5) is 4.39 Å². The molecule has 1 saturated carbocycles. The molecule has 1 heterocycles. The maximum absolute atomic E-state index is 13.3. The van der Waals surface area contributed by atoms with E-state index in [0.717, 1.165) is 35.9 Å². The number of methoxy groups -OCH3 is 1. The zero-order chi connectivity index (χ0) is 24.3. The quantitative estimate of drug-likeness (QED) is 0.301. The van der Waals surface area contributed by atoms with Crippen molar-refractivity contribution in [2.45, 2.75) is 32.0 Å². The molecule has 0 amide bonds. The van der Waals surface area contributed by atoms with E-state index in [9.17, 15) is 14.0 Å². The number of azide groups is 1. The maximum atomic E-state index is 13.3. The Labute approximate surface area is 195 Å². The van der Waals surface area contributed by atoms with Crippen LogP contribution in [0.15, 0.2) is 75.5 Å². The van der Waals surface area contributed by atoms with Crippen molar-refractivity contribution < 1.29 is 13.9 Å². The molecule has 1 N–H and O–H groups in total. The number of hydrogen-bond donors (Lipinski definition) is 1. The van der Waals surface area contributed by atoms with Gasteiger partial charge in [0.2, 0.25) is 5.82 Å². The smallest absolute Gasteiger partial charge is 0.328 e. The molecule has 3 aromatic rings. The van der Waals surface area contributed by atoms with Gasteiger partial charge in [-0.25, -0.2) is 4.79 Å². The molecule has 178 valence electrons. The molecule has 34 heavy (non-hydrogen) atoms. The van der Waals surface area contributed by atoms with Gasteiger partial charge < -0.3 is 9.47 Å². The molecule has 0 bridgehead atoms. The number of benzene rings is 2. The summed E-state index contributed by atoms with van der Waals surface area (Å²) in [5, 5.41) is 3.44. The molecule has 1 aromatic heterocycles. The number of nitrogens with one attached hydrogen (secondary N) is 1. The van der Waals surface area contributed by atoms with Gasteiger partial charge in [-0.15, -0.1) is 0 Å². The monoisotopic (exact) mass is 467 g/mol. The fourth-order valence-electron chi connectivity index (χ4n) is 3.57. The fourth-order valence-corrected chi connectivity index (χ4v) is 3.57. The summed E-state index contributed by atoms with van der Waals surface area (Å²) in [5.74, 6) is 0.0295. The fraction of sp³-hybridized carbons (Fsp3) is 0.333. The van der Waals surface area contributed by atoms with Gasteiger partial charge in [0.05, 0.1) is 33.1 Å². The highest BCUT2D eigenvalue weighted by Gasteiger charge is 2.33. The molecule has 1 fully saturated rings. The summed E-state index contributed by atoms with van der Waals surface area (Å²) in [5.41, 5.74) is 8.59. The molecule has 4 rings (SSSR count). The summed E-state index contributed by atoms with van der Waals surface area (Å²) in [7, 11) is 1.61. The number of H-pyrrole nitrogens is 1. The van der Waals surface area contributed by atoms with Crippen molar-refractivity contribution in [1.82, 2.24) is 9.55 Å². The van der Waals surface area contributed by atoms with Crippen LogP contribution in [0.3, 0.4) is 0 Å². The molecular weight excluding hydrogens is 441 g/mol. The third-order valence-corrected chi connectivity index (χ3v) is 5.58. The lowest BCUT2D eigenvalue weighted by molar-refractivity contribution is 0.0262. The average Bonchev–Trinajstić information content (AvgIpc) is 2.84. The Morgan fingerprint density at radius 1 is 1.12 bits per heavy atom. The first kappa shape index (κ1) is 24.8. The zero-order valence-corrected chi connectivity index (χ0v) is 18.8. The van der Waals surface area contributed by atoms with Crippen LogP contribution in [0.2, 0.25) is 0 Å². The second-order valence-corrected chi connectivity index (χ2v) is 7.79. The number of aromatic nitrogens is 2. The van der Waals surface area contributed by atoms with Gasteiger partial charge >= 0.3 is 5.69 Å². The topological polar surface area (TPSA) is 122 Å². The van der Waals surface area contributed by atoms with Crippen LogP contribution in [0, 0.1) is 11.7 Å². The molecule has 0 saturated heterocycles. The van der Waals surface area contributed by atoms with Gasteiger partial charge in [-0.05, 0) is 41.6 Å². The Bertz CT molecular complexity index is 1220. The number of aromatic amines is 1. The van der Waals surface area contributed by atoms with Gasteiger partial charge in [-0.3, -0.25) is 14.3 Å². The standard InChI is InChI=1S/C16H17FN2O3.C8H9N3O/c17-13-8-19(16(21)18-15(13)20)14-7-6-12(14)10-22-9-11-4-2-1-3-5-11;1-12-8-4-2-7(3-5-8)6-10-11-9/h1-5,8,12,14H,6-7,9-10H2,(H,18,20,21);2-5H,6H2,1H3/t12-,14-;/m1./s1. The van der Waals surface area contributed by atoms with E-state index in [0.29, 0.717) is 19.8 Å². The summed E-state index contributed by atoms with van der Waals surface area (Å²) < 4.78 is 25.3. The van der Waals surface area contributed by atoms with E-state index in [4.69, 9.17) is 15.0 Å². The van der Waals surface area contributed by atoms with Crippen molar-refractivity contribution in [2.75, 3.05) is 13.7 Å². The molecule has 2 atom stereocenters. The summed E-state index contributed by atoms with van der Waals surface area (Å²) in [4.78, 5) is 27.5. The Morgan fingerprint density at radius 3 is 2.47 bits per heavy atom. The third kappa shape index (κ3) is 6.81. The summed E-state index contributed by atoms with van der Waals surface area (Å²) in [6.07, 6.45) is 2.70. The molecular formula is C24H26FN5O4. The summed E-state index contributed by atoms with van der Waals surface area (Å²) >= 11 is 0. The Kier molecular flexibility index (Phi) is 9.02. The molecule has 0 radical (unpaired) electrons. The van der Waals surface area contributed by atoms with Gasteiger partial charge in [0.1, 0.15) is 5.75 Å². The van der Waals surface area contributed by atoms with Gasteiger partial charge in [-0.2, -0.15) is 4.39 Å². The van der Waals surface area contributed by atoms with Crippen LogP contribution in [-0.2, 0) is 17.9 Å². The Hall–Kier alpha value is -3.88. The van der Waals surface area contributed by atoms with Crippen LogP contribution in [0.5, 0.6) is 5.75 Å². The molecule has 10 heteroatoms. The van der Waals surface area contributed by atoms with Crippen LogP contribution in [0.25, 0.3) is 10.4 Å². The molecule has 0 spiro atoms. The van der Waals surface area contributed by atoms with Crippen LogP contribution in [-0.4, -0.2) is 23.3 Å². The van der Waals surface area contributed by atoms with E-state index < -0.39 is 17.1 Å². The first-order valence-corrected chi connectivity index (χ1v) is 10.8. The summed E-state index contributed by atoms with van der Waals surface area (Å²) in [6, 6.07) is 17.1. The zero-order valence-electron chi connectivity index (χ0n) is 18.8. The minimum absolute atomic E-state index is 0.116. The van der Waals surface area contributed by atoms with E-state index in [1.807, 2.05) is 59.6 Å². The van der Waals surface area contributed by atoms with Gasteiger partial charge in [0.25, 0.3) is 5.56 Å². The van der Waals surface area contributed by atoms with Crippen LogP contribution >= 0.6 is 0 Å². The van der Waals surface area contributed by atoms with E-state index in [-0.39, 0.29) is 12.0 Å². The second-order valence-electron chi connectivity index (χ2n) is 7.79. The van der Waals surface area contributed by atoms with E-state index >= 15 is 0 Å².